The van der Waals surface area contributed by atoms with Gasteiger partial charge in [-0.1, -0.05) is 53.2 Å². The highest BCUT2D eigenvalue weighted by Gasteiger charge is 2.77. The lowest BCUT2D eigenvalue weighted by molar-refractivity contribution is -0.363. The van der Waals surface area contributed by atoms with Crippen molar-refractivity contribution in [3.8, 4) is 0 Å². The van der Waals surface area contributed by atoms with Gasteiger partial charge in [0.1, 0.15) is 133 Å². The van der Waals surface area contributed by atoms with Crippen molar-refractivity contribution in [2.45, 2.75) is 295 Å². The average molecular weight is 1560 g/mol. The third kappa shape index (κ3) is 14.2. The fourth-order valence-corrected chi connectivity index (χ4v) is 20.5. The van der Waals surface area contributed by atoms with E-state index >= 15 is 4.79 Å². The van der Waals surface area contributed by atoms with Crippen LogP contribution in [0.15, 0.2) is 11.6 Å². The molecule has 7 saturated heterocycles. The minimum atomic E-state index is -2.17. The molecule has 12 rings (SSSR count). The highest BCUT2D eigenvalue weighted by Crippen LogP contribution is 2.76. The van der Waals surface area contributed by atoms with Gasteiger partial charge in [0.05, 0.1) is 84.4 Å². The number of carbonyl (C=O) groups excluding carboxylic acids is 2. The van der Waals surface area contributed by atoms with Gasteiger partial charge in [-0.15, -0.1) is 0 Å². The number of aliphatic hydroxyl groups excluding tert-OH is 20. The van der Waals surface area contributed by atoms with E-state index in [-0.39, 0.29) is 31.1 Å². The van der Waals surface area contributed by atoms with Crippen LogP contribution in [0.25, 0.3) is 0 Å². The highest BCUT2D eigenvalue weighted by atomic mass is 16.8. The summed E-state index contributed by atoms with van der Waals surface area (Å²) in [6.07, 6.45) is -47.2. The van der Waals surface area contributed by atoms with Gasteiger partial charge in [-0.05, 0) is 90.8 Å². The van der Waals surface area contributed by atoms with Gasteiger partial charge in [0.25, 0.3) is 0 Å². The van der Waals surface area contributed by atoms with Gasteiger partial charge in [-0.3, -0.25) is 9.59 Å². The molecule has 0 aromatic heterocycles. The first-order valence-corrected chi connectivity index (χ1v) is 37.3. The maximum Gasteiger partial charge on any atom is 0.317 e. The van der Waals surface area contributed by atoms with Crippen LogP contribution >= 0.6 is 0 Å². The molecule has 0 unspecified atom stereocenters. The van der Waals surface area contributed by atoms with E-state index in [4.69, 9.17) is 66.3 Å². The maximum atomic E-state index is 15.8. The molecule has 7 heterocycles. The predicted octanol–water partition coefficient (Wildman–Crippen LogP) is -8.95. The Morgan fingerprint density at radius 2 is 1.12 bits per heavy atom. The lowest BCUT2D eigenvalue weighted by atomic mass is 9.32. The number of carbonyl (C=O) groups is 2. The smallest absolute Gasteiger partial charge is 0.317 e. The molecule has 0 bridgehead atoms. The number of aliphatic hydroxyl groups is 21. The van der Waals surface area contributed by atoms with Crippen molar-refractivity contribution < 1.29 is 183 Å². The third-order valence-electron chi connectivity index (χ3n) is 26.9. The Morgan fingerprint density at radius 1 is 0.528 bits per heavy atom. The molecule has 7 aliphatic heterocycles. The Labute approximate surface area is 621 Å². The van der Waals surface area contributed by atoms with E-state index in [0.717, 1.165) is 0 Å². The number of nitrogens with one attached hydrogen (secondary N) is 1. The number of allylic oxidation sites excluding steroid dienone is 1. The number of hydrogen-bond acceptors (Lipinski definition) is 37. The van der Waals surface area contributed by atoms with Crippen LogP contribution in [-0.4, -0.2) is 381 Å². The van der Waals surface area contributed by atoms with Crippen molar-refractivity contribution in [1.82, 2.24) is 5.32 Å². The van der Waals surface area contributed by atoms with Crippen LogP contribution in [0.2, 0.25) is 0 Å². The normalized spacial score (nSPS) is 52.8. The fourth-order valence-electron chi connectivity index (χ4n) is 20.5. The number of hydrogen-bond donors (Lipinski definition) is 22. The highest BCUT2D eigenvalue weighted by molar-refractivity contribution is 5.80. The molecule has 0 radical (unpaired) electrons. The summed E-state index contributed by atoms with van der Waals surface area (Å²) in [5.74, 6) is -3.43. The Bertz CT molecular complexity index is 3140. The molecule has 22 N–H and O–H groups in total. The summed E-state index contributed by atoms with van der Waals surface area (Å²) in [6, 6.07) is -1.46. The molecule has 11 fully saturated rings. The number of esters is 1. The minimum absolute atomic E-state index is 0.103. The summed E-state index contributed by atoms with van der Waals surface area (Å²) < 4.78 is 83.7. The number of fused-ring (bicyclic) bond motifs is 7. The summed E-state index contributed by atoms with van der Waals surface area (Å²) in [5.41, 5.74) is -10.6. The lowest BCUT2D eigenvalue weighted by Crippen LogP contribution is -2.74. The lowest BCUT2D eigenvalue weighted by Gasteiger charge is -2.73. The Hall–Kier alpha value is -2.68. The van der Waals surface area contributed by atoms with Gasteiger partial charge in [0.2, 0.25) is 12.2 Å². The molecule has 620 valence electrons. The molecular formula is C70H113NO37. The molecule has 0 aromatic carbocycles. The van der Waals surface area contributed by atoms with Crippen LogP contribution in [0.1, 0.15) is 99.8 Å². The minimum Gasteiger partial charge on any atom is -0.432 e. The van der Waals surface area contributed by atoms with E-state index in [2.05, 4.69) is 12.2 Å². The number of ether oxygens (including phenoxy) is 14. The van der Waals surface area contributed by atoms with Gasteiger partial charge in [-0.25, -0.2) is 0 Å². The van der Waals surface area contributed by atoms with Gasteiger partial charge in [-0.2, -0.15) is 0 Å². The molecule has 108 heavy (non-hydrogen) atoms. The predicted molar refractivity (Wildman–Crippen MR) is 353 cm³/mol. The van der Waals surface area contributed by atoms with Crippen molar-refractivity contribution in [3.63, 3.8) is 0 Å². The first-order valence-electron chi connectivity index (χ1n) is 37.3. The zero-order chi connectivity index (χ0) is 78.8. The molecule has 0 aromatic rings. The van der Waals surface area contributed by atoms with E-state index in [1.807, 2.05) is 40.7 Å². The molecule has 39 atom stereocenters. The van der Waals surface area contributed by atoms with Crippen molar-refractivity contribution in [3.05, 3.63) is 11.6 Å². The van der Waals surface area contributed by atoms with Gasteiger partial charge >= 0.3 is 5.97 Å². The SMILES string of the molecule is CC(=O)N[C@H]1[C@H](O[C@H]2CC[C@]3(C)[C@H]4CC=C5[C@@H]6CC(C)(C)CC[C@]6(C(=O)O[C@@H]6O[C@H](CO)[C@@H](O)[C@H](O)[C@H]6O[C@@H]6OC[C@@](CO)(O[C@@H]7OC[C@](O)(CO)[C@H]7O)[C@H]6O)[C@H](O)[C@H](O)[C@@]5(CO)[C@]4(C)CC[C@H]3C2(C)C)O[C@H](CO[C@@H]2O[C@H](CO)[C@@H](O)[C@H](O[C@@H]3OC[C@@H](O)[C@H](O)[C@H]3O)[C@H]2O)[C@@H](O)[C@@H]1O[C@@H]1OC[C@@H](O)[C@H](O)[C@H]1O. The molecule has 38 nitrogen and oxygen atoms in total. The first-order chi connectivity index (χ1) is 50.7. The second-order valence-corrected chi connectivity index (χ2v) is 34.0. The van der Waals surface area contributed by atoms with Crippen LogP contribution in [0.3, 0.4) is 0 Å². The van der Waals surface area contributed by atoms with Crippen molar-refractivity contribution in [2.75, 3.05) is 66.1 Å². The molecule has 0 spiro atoms. The van der Waals surface area contributed by atoms with Gasteiger partial charge in [0.15, 0.2) is 43.8 Å². The Morgan fingerprint density at radius 3 is 1.72 bits per heavy atom. The van der Waals surface area contributed by atoms with E-state index in [1.165, 1.54) is 6.92 Å². The summed E-state index contributed by atoms with van der Waals surface area (Å²) >= 11 is 0. The van der Waals surface area contributed by atoms with Crippen LogP contribution in [0.4, 0.5) is 0 Å². The first kappa shape index (κ1) is 84.7. The molecule has 12 aliphatic rings. The molecule has 4 saturated carbocycles. The monoisotopic (exact) mass is 1560 g/mol. The second kappa shape index (κ2) is 31.7. The van der Waals surface area contributed by atoms with E-state index in [9.17, 15) is 112 Å². The standard InChI is InChI=1S/C70H113NO37/c1-27(77)71-38-48(104-56-45(86)39(80)30(78)19-95-56)43(84)34(21-97-58-47(88)49(42(83)33(18-73)100-58)105-57-46(87)40(81)31(79)20-96-57)102-55(38)103-37-11-12-65(6)35(64(37,4)5)10-13-66(7)36(65)9-8-28-29-16-63(2,3)14-15-69(29,51(89)52(90)70(28,66)24-76)62(93)107-59-50(44(85)41(82)32(17-72)101-59)106-60-54(92)68(23-75,26-99-60)108-61-53(91)67(94,22-74)25-98-61/h8,29-61,72-76,78-92,94H,9-26H2,1-7H3,(H,71,77)/t29-,30+,31+,32+,33+,34+,35-,36+,37-,38+,39-,40-,41+,42+,43+,44-,45+,46+,47+,48+,49-,50+,51+,52-,53-,54-,55-,56-,57-,58+,59-,60-,61-,65-,66+,67+,68+,69+,70-/m0/s1. The molecular weight excluding hydrogens is 1450 g/mol. The molecule has 38 heteroatoms. The van der Waals surface area contributed by atoms with Gasteiger partial charge in [0, 0.05) is 12.3 Å². The average Bonchev–Trinajstić information content (AvgIpc) is 0.715. The van der Waals surface area contributed by atoms with Crippen molar-refractivity contribution in [1.29, 1.82) is 0 Å². The summed E-state index contributed by atoms with van der Waals surface area (Å²) in [6.45, 7) is 5.74. The third-order valence-corrected chi connectivity index (χ3v) is 26.9. The van der Waals surface area contributed by atoms with E-state index in [0.29, 0.717) is 37.7 Å². The van der Waals surface area contributed by atoms with Crippen LogP contribution in [0.5, 0.6) is 0 Å². The number of amides is 1. The van der Waals surface area contributed by atoms with Crippen LogP contribution < -0.4 is 5.32 Å². The molecule has 5 aliphatic carbocycles. The fraction of sp³-hybridized carbons (Fsp3) is 0.943. The zero-order valence-electron chi connectivity index (χ0n) is 61.3. The molecule has 1 amide bonds. The summed E-state index contributed by atoms with van der Waals surface area (Å²) in [7, 11) is 0. The van der Waals surface area contributed by atoms with Crippen LogP contribution in [0, 0.1) is 50.2 Å². The van der Waals surface area contributed by atoms with E-state index in [1.54, 1.807) is 0 Å². The topological polar surface area (TPSA) is 600 Å². The van der Waals surface area contributed by atoms with Crippen molar-refractivity contribution in [2.24, 2.45) is 50.2 Å². The number of rotatable bonds is 21. The second-order valence-electron chi connectivity index (χ2n) is 34.0. The van der Waals surface area contributed by atoms with Crippen molar-refractivity contribution >= 4 is 11.9 Å². The quantitative estimate of drug-likeness (QED) is 0.0288. The maximum absolute atomic E-state index is 15.8. The summed E-state index contributed by atoms with van der Waals surface area (Å²) in [4.78, 5) is 29.1. The van der Waals surface area contributed by atoms with E-state index < -0.39 is 312 Å². The summed E-state index contributed by atoms with van der Waals surface area (Å²) in [5, 5.41) is 238. The van der Waals surface area contributed by atoms with Crippen LogP contribution in [-0.2, 0) is 75.9 Å². The van der Waals surface area contributed by atoms with Gasteiger partial charge < -0.3 is 179 Å². The zero-order valence-corrected chi connectivity index (χ0v) is 61.3. The Balaban J connectivity index is 0.808. The Kier molecular flexibility index (Phi) is 24.9. The largest absolute Gasteiger partial charge is 0.432 e.